The second-order valence-corrected chi connectivity index (χ2v) is 6.83. The van der Waals surface area contributed by atoms with Crippen molar-refractivity contribution in [2.75, 3.05) is 0 Å². The van der Waals surface area contributed by atoms with Gasteiger partial charge in [-0.3, -0.25) is 10.00 Å². The van der Waals surface area contributed by atoms with Gasteiger partial charge >= 0.3 is 0 Å². The molecule has 1 aliphatic rings. The van der Waals surface area contributed by atoms with E-state index >= 15 is 0 Å². The van der Waals surface area contributed by atoms with Crippen molar-refractivity contribution in [1.82, 2.24) is 25.3 Å². The van der Waals surface area contributed by atoms with E-state index in [-0.39, 0.29) is 6.04 Å². The first kappa shape index (κ1) is 16.2. The normalized spacial score (nSPS) is 19.1. The van der Waals surface area contributed by atoms with E-state index in [4.69, 9.17) is 4.42 Å². The molecule has 3 rings (SSSR count). The Balaban J connectivity index is 1.70. The van der Waals surface area contributed by atoms with Crippen molar-refractivity contribution in [2.45, 2.75) is 72.0 Å². The molecule has 6 heteroatoms. The predicted molar refractivity (Wildman–Crippen MR) is 88.0 cm³/mol. The van der Waals surface area contributed by atoms with E-state index in [1.807, 2.05) is 6.20 Å². The number of fused-ring (bicyclic) bond motifs is 1. The highest BCUT2D eigenvalue weighted by atomic mass is 16.4. The zero-order valence-electron chi connectivity index (χ0n) is 14.5. The van der Waals surface area contributed by atoms with Crippen LogP contribution in [0.15, 0.2) is 10.6 Å². The molecular weight excluding hydrogens is 290 g/mol. The summed E-state index contributed by atoms with van der Waals surface area (Å²) in [6.07, 6.45) is 6.27. The van der Waals surface area contributed by atoms with Gasteiger partial charge < -0.3 is 4.42 Å². The van der Waals surface area contributed by atoms with E-state index in [1.165, 1.54) is 17.7 Å². The number of nitrogens with zero attached hydrogens (tertiary/aromatic N) is 4. The Morgan fingerprint density at radius 1 is 1.35 bits per heavy atom. The SMILES string of the molecule is CCn1ncc2c1CCC[C@@H]2N[C@@H](C)c1nnc(CC(C)C)o1. The molecule has 0 fully saturated rings. The molecule has 126 valence electrons. The Bertz CT molecular complexity index is 645. The third-order valence-corrected chi connectivity index (χ3v) is 4.45. The fraction of sp³-hybridized carbons (Fsp3) is 0.706. The lowest BCUT2D eigenvalue weighted by Gasteiger charge is -2.26. The fourth-order valence-electron chi connectivity index (χ4n) is 3.31. The standard InChI is InChI=1S/C17H27N5O/c1-5-22-15-8-6-7-14(13(15)10-18-22)19-12(4)17-21-20-16(23-17)9-11(2)3/h10-12,14,19H,5-9H2,1-4H3/t12-,14-/m0/s1. The first-order valence-electron chi connectivity index (χ1n) is 8.71. The van der Waals surface area contributed by atoms with Gasteiger partial charge in [0.05, 0.1) is 12.2 Å². The lowest BCUT2D eigenvalue weighted by molar-refractivity contribution is 0.341. The molecule has 0 bridgehead atoms. The molecule has 2 aromatic rings. The summed E-state index contributed by atoms with van der Waals surface area (Å²) >= 11 is 0. The van der Waals surface area contributed by atoms with Crippen molar-refractivity contribution in [2.24, 2.45) is 5.92 Å². The average Bonchev–Trinajstić information content (AvgIpc) is 3.13. The third-order valence-electron chi connectivity index (χ3n) is 4.45. The van der Waals surface area contributed by atoms with E-state index < -0.39 is 0 Å². The Labute approximate surface area is 137 Å². The van der Waals surface area contributed by atoms with E-state index in [0.29, 0.717) is 17.9 Å². The van der Waals surface area contributed by atoms with E-state index in [1.54, 1.807) is 0 Å². The molecule has 0 saturated carbocycles. The van der Waals surface area contributed by atoms with Gasteiger partial charge in [0.1, 0.15) is 0 Å². The molecule has 0 aliphatic heterocycles. The van der Waals surface area contributed by atoms with Crippen molar-refractivity contribution in [1.29, 1.82) is 0 Å². The second-order valence-electron chi connectivity index (χ2n) is 6.83. The second kappa shape index (κ2) is 6.83. The first-order valence-corrected chi connectivity index (χ1v) is 8.71. The van der Waals surface area contributed by atoms with Gasteiger partial charge in [0.2, 0.25) is 11.8 Å². The fourth-order valence-corrected chi connectivity index (χ4v) is 3.31. The quantitative estimate of drug-likeness (QED) is 0.886. The van der Waals surface area contributed by atoms with E-state index in [9.17, 15) is 0 Å². The van der Waals surface area contributed by atoms with Crippen molar-refractivity contribution >= 4 is 0 Å². The van der Waals surface area contributed by atoms with Gasteiger partial charge in [0.15, 0.2) is 0 Å². The maximum Gasteiger partial charge on any atom is 0.233 e. The molecule has 2 heterocycles. The van der Waals surface area contributed by atoms with Gasteiger partial charge in [-0.1, -0.05) is 13.8 Å². The van der Waals surface area contributed by atoms with Crippen molar-refractivity contribution in [3.63, 3.8) is 0 Å². The Morgan fingerprint density at radius 2 is 2.17 bits per heavy atom. The zero-order chi connectivity index (χ0) is 16.4. The minimum atomic E-state index is 0.0457. The summed E-state index contributed by atoms with van der Waals surface area (Å²) < 4.78 is 7.92. The summed E-state index contributed by atoms with van der Waals surface area (Å²) in [6, 6.07) is 0.360. The number of hydrogen-bond donors (Lipinski definition) is 1. The minimum Gasteiger partial charge on any atom is -0.424 e. The lowest BCUT2D eigenvalue weighted by atomic mass is 9.92. The number of nitrogens with one attached hydrogen (secondary N) is 1. The number of rotatable bonds is 6. The number of aryl methyl sites for hydroxylation is 1. The molecule has 0 aromatic carbocycles. The predicted octanol–water partition coefficient (Wildman–Crippen LogP) is 3.21. The molecule has 23 heavy (non-hydrogen) atoms. The molecule has 2 atom stereocenters. The Morgan fingerprint density at radius 3 is 2.91 bits per heavy atom. The largest absolute Gasteiger partial charge is 0.424 e. The molecule has 0 amide bonds. The smallest absolute Gasteiger partial charge is 0.233 e. The molecule has 0 radical (unpaired) electrons. The van der Waals surface area contributed by atoms with Crippen molar-refractivity contribution in [3.8, 4) is 0 Å². The van der Waals surface area contributed by atoms with Crippen LogP contribution in [-0.4, -0.2) is 20.0 Å². The highest BCUT2D eigenvalue weighted by molar-refractivity contribution is 5.25. The van der Waals surface area contributed by atoms with Crippen molar-refractivity contribution in [3.05, 3.63) is 29.2 Å². The summed E-state index contributed by atoms with van der Waals surface area (Å²) in [5.41, 5.74) is 2.70. The molecule has 1 aliphatic carbocycles. The maximum absolute atomic E-state index is 5.81. The van der Waals surface area contributed by atoms with Crippen LogP contribution in [0.5, 0.6) is 0 Å². The highest BCUT2D eigenvalue weighted by Crippen LogP contribution is 2.31. The summed E-state index contributed by atoms with van der Waals surface area (Å²) in [5, 5.41) is 16.5. The molecule has 1 N–H and O–H groups in total. The zero-order valence-corrected chi connectivity index (χ0v) is 14.5. The van der Waals surface area contributed by atoms with Crippen LogP contribution >= 0.6 is 0 Å². The van der Waals surface area contributed by atoms with Crippen LogP contribution in [0.1, 0.15) is 75.7 Å². The summed E-state index contributed by atoms with van der Waals surface area (Å²) in [6.45, 7) is 9.47. The number of hydrogen-bond acceptors (Lipinski definition) is 5. The van der Waals surface area contributed by atoms with Crippen LogP contribution in [-0.2, 0) is 19.4 Å². The van der Waals surface area contributed by atoms with Crippen LogP contribution in [0.4, 0.5) is 0 Å². The third kappa shape index (κ3) is 3.47. The molecular formula is C17H27N5O. The summed E-state index contributed by atoms with van der Waals surface area (Å²) in [4.78, 5) is 0. The van der Waals surface area contributed by atoms with Gasteiger partial charge in [0, 0.05) is 30.3 Å². The van der Waals surface area contributed by atoms with Crippen LogP contribution in [0.3, 0.4) is 0 Å². The van der Waals surface area contributed by atoms with E-state index in [2.05, 4.69) is 53.0 Å². The molecule has 6 nitrogen and oxygen atoms in total. The minimum absolute atomic E-state index is 0.0457. The van der Waals surface area contributed by atoms with Gasteiger partial charge in [-0.25, -0.2) is 0 Å². The van der Waals surface area contributed by atoms with Crippen LogP contribution < -0.4 is 5.32 Å². The van der Waals surface area contributed by atoms with Gasteiger partial charge in [0.25, 0.3) is 0 Å². The topological polar surface area (TPSA) is 68.8 Å². The van der Waals surface area contributed by atoms with Gasteiger partial charge in [-0.15, -0.1) is 10.2 Å². The Kier molecular flexibility index (Phi) is 4.80. The highest BCUT2D eigenvalue weighted by Gasteiger charge is 2.26. The summed E-state index contributed by atoms with van der Waals surface area (Å²) in [7, 11) is 0. The lowest BCUT2D eigenvalue weighted by Crippen LogP contribution is -2.28. The monoisotopic (exact) mass is 317 g/mol. The molecule has 2 aromatic heterocycles. The van der Waals surface area contributed by atoms with Crippen LogP contribution in [0, 0.1) is 5.92 Å². The van der Waals surface area contributed by atoms with E-state index in [0.717, 1.165) is 31.7 Å². The number of aromatic nitrogens is 4. The van der Waals surface area contributed by atoms with Gasteiger partial charge in [-0.2, -0.15) is 5.10 Å². The average molecular weight is 317 g/mol. The maximum atomic E-state index is 5.81. The van der Waals surface area contributed by atoms with Crippen LogP contribution in [0.2, 0.25) is 0 Å². The summed E-state index contributed by atoms with van der Waals surface area (Å²) in [5.74, 6) is 1.93. The molecule has 0 saturated heterocycles. The van der Waals surface area contributed by atoms with Crippen LogP contribution in [0.25, 0.3) is 0 Å². The molecule has 0 unspecified atom stereocenters. The van der Waals surface area contributed by atoms with Crippen molar-refractivity contribution < 1.29 is 4.42 Å². The first-order chi connectivity index (χ1) is 11.1. The molecule has 0 spiro atoms. The van der Waals surface area contributed by atoms with Gasteiger partial charge in [-0.05, 0) is 39.0 Å². The Hall–Kier alpha value is -1.69.